The fourth-order valence-corrected chi connectivity index (χ4v) is 3.62. The van der Waals surface area contributed by atoms with Gasteiger partial charge < -0.3 is 9.84 Å². The van der Waals surface area contributed by atoms with E-state index in [2.05, 4.69) is 4.98 Å². The average Bonchev–Trinajstić information content (AvgIpc) is 3.16. The summed E-state index contributed by atoms with van der Waals surface area (Å²) >= 11 is 0. The molecule has 1 heterocycles. The minimum atomic E-state index is -0.853. The maximum Gasteiger partial charge on any atom is 0.303 e. The van der Waals surface area contributed by atoms with Gasteiger partial charge in [-0.3, -0.25) is 4.79 Å². The second kappa shape index (κ2) is 9.62. The normalized spacial score (nSPS) is 14.4. The van der Waals surface area contributed by atoms with Crippen LogP contribution in [0.4, 0.5) is 8.78 Å². The number of hydrogen-bond donors (Lipinski definition) is 1. The van der Waals surface area contributed by atoms with Crippen LogP contribution in [-0.4, -0.2) is 22.2 Å². The van der Waals surface area contributed by atoms with Crippen LogP contribution in [0.1, 0.15) is 56.9 Å². The molecule has 0 aliphatic heterocycles. The molecule has 0 radical (unpaired) electrons. The summed E-state index contributed by atoms with van der Waals surface area (Å²) in [5.41, 5.74) is 1.03. The predicted molar refractivity (Wildman–Crippen MR) is 102 cm³/mol. The van der Waals surface area contributed by atoms with Crippen molar-refractivity contribution in [2.75, 3.05) is 0 Å². The highest BCUT2D eigenvalue weighted by Crippen LogP contribution is 2.33. The fourth-order valence-electron chi connectivity index (χ4n) is 3.62. The number of carbonyl (C=O) groups is 1. The van der Waals surface area contributed by atoms with Crippen molar-refractivity contribution in [3.05, 3.63) is 47.7 Å². The highest BCUT2D eigenvalue weighted by Gasteiger charge is 2.20. The molecule has 0 bridgehead atoms. The molecular weight excluding hydrogens is 364 g/mol. The molecule has 0 saturated heterocycles. The van der Waals surface area contributed by atoms with Crippen LogP contribution in [0.25, 0.3) is 11.1 Å². The van der Waals surface area contributed by atoms with E-state index in [-0.39, 0.29) is 24.5 Å². The van der Waals surface area contributed by atoms with E-state index >= 15 is 0 Å². The number of rotatable bonds is 9. The fraction of sp³-hybridized carbons (Fsp3) is 0.455. The molecule has 1 fully saturated rings. The molecule has 28 heavy (non-hydrogen) atoms. The van der Waals surface area contributed by atoms with Gasteiger partial charge in [-0.25, -0.2) is 13.8 Å². The minimum absolute atomic E-state index is 0.0428. The SMILES string of the molecule is O=C(O)CCCCCc1c(F)cc(-c2cccnc2OC2CCCC2)cc1F. The number of unbranched alkanes of at least 4 members (excludes halogenated alkanes) is 2. The third kappa shape index (κ3) is 5.27. The topological polar surface area (TPSA) is 59.4 Å². The van der Waals surface area contributed by atoms with Gasteiger partial charge in [0.1, 0.15) is 17.7 Å². The molecule has 2 aromatic rings. The number of hydrogen-bond acceptors (Lipinski definition) is 3. The Labute approximate surface area is 163 Å². The molecule has 0 spiro atoms. The quantitative estimate of drug-likeness (QED) is 0.573. The molecule has 150 valence electrons. The molecule has 0 unspecified atom stereocenters. The van der Waals surface area contributed by atoms with Gasteiger partial charge in [0.25, 0.3) is 0 Å². The molecule has 1 aromatic carbocycles. The summed E-state index contributed by atoms with van der Waals surface area (Å²) in [6, 6.07) is 6.14. The van der Waals surface area contributed by atoms with Crippen molar-refractivity contribution in [3.63, 3.8) is 0 Å². The second-order valence-electron chi connectivity index (χ2n) is 7.25. The van der Waals surface area contributed by atoms with E-state index in [0.29, 0.717) is 36.3 Å². The van der Waals surface area contributed by atoms with Crippen molar-refractivity contribution >= 4 is 5.97 Å². The van der Waals surface area contributed by atoms with Crippen LogP contribution in [0.15, 0.2) is 30.5 Å². The summed E-state index contributed by atoms with van der Waals surface area (Å²) in [7, 11) is 0. The number of ether oxygens (including phenoxy) is 1. The number of carboxylic acids is 1. The van der Waals surface area contributed by atoms with E-state index in [4.69, 9.17) is 9.84 Å². The van der Waals surface area contributed by atoms with Crippen molar-refractivity contribution in [2.45, 2.75) is 63.9 Å². The number of aromatic nitrogens is 1. The highest BCUT2D eigenvalue weighted by molar-refractivity contribution is 5.69. The first-order chi connectivity index (χ1) is 13.5. The van der Waals surface area contributed by atoms with Crippen LogP contribution < -0.4 is 4.74 Å². The van der Waals surface area contributed by atoms with Crippen molar-refractivity contribution in [1.82, 2.24) is 4.98 Å². The van der Waals surface area contributed by atoms with Gasteiger partial charge in [-0.15, -0.1) is 0 Å². The Hall–Kier alpha value is -2.50. The van der Waals surface area contributed by atoms with Crippen molar-refractivity contribution in [2.24, 2.45) is 0 Å². The van der Waals surface area contributed by atoms with Gasteiger partial charge in [-0.05, 0) is 74.8 Å². The van der Waals surface area contributed by atoms with E-state index < -0.39 is 17.6 Å². The summed E-state index contributed by atoms with van der Waals surface area (Å²) in [6.07, 6.45) is 7.91. The summed E-state index contributed by atoms with van der Waals surface area (Å²) in [5.74, 6) is -1.63. The number of pyridine rings is 1. The number of carboxylic acid groups (broad SMARTS) is 1. The standard InChI is InChI=1S/C22H25F2NO3/c23-19-13-15(14-20(24)18(19)9-2-1-3-11-21(26)27)17-10-6-12-25-22(17)28-16-7-4-5-8-16/h6,10,12-14,16H,1-5,7-9,11H2,(H,26,27). The van der Waals surface area contributed by atoms with Gasteiger partial charge in [0.2, 0.25) is 5.88 Å². The third-order valence-corrected chi connectivity index (χ3v) is 5.12. The van der Waals surface area contributed by atoms with Crippen molar-refractivity contribution in [1.29, 1.82) is 0 Å². The van der Waals surface area contributed by atoms with E-state index in [1.54, 1.807) is 18.3 Å². The van der Waals surface area contributed by atoms with Crippen LogP contribution in [0.2, 0.25) is 0 Å². The molecule has 1 N–H and O–H groups in total. The van der Waals surface area contributed by atoms with Gasteiger partial charge in [0, 0.05) is 23.7 Å². The summed E-state index contributed by atoms with van der Waals surface area (Å²) in [6.45, 7) is 0. The number of nitrogens with zero attached hydrogens (tertiary/aromatic N) is 1. The van der Waals surface area contributed by atoms with Crippen LogP contribution in [0.5, 0.6) is 5.88 Å². The van der Waals surface area contributed by atoms with Gasteiger partial charge in [-0.2, -0.15) is 0 Å². The molecule has 1 aromatic heterocycles. The highest BCUT2D eigenvalue weighted by atomic mass is 19.1. The first kappa shape index (κ1) is 20.2. The lowest BCUT2D eigenvalue weighted by molar-refractivity contribution is -0.137. The van der Waals surface area contributed by atoms with Crippen molar-refractivity contribution in [3.8, 4) is 17.0 Å². The van der Waals surface area contributed by atoms with Gasteiger partial charge in [-0.1, -0.05) is 6.42 Å². The van der Waals surface area contributed by atoms with Gasteiger partial charge >= 0.3 is 5.97 Å². The van der Waals surface area contributed by atoms with Crippen LogP contribution in [0, 0.1) is 11.6 Å². The van der Waals surface area contributed by atoms with E-state index in [0.717, 1.165) is 25.7 Å². The summed E-state index contributed by atoms with van der Waals surface area (Å²) in [5, 5.41) is 8.63. The maximum absolute atomic E-state index is 14.6. The van der Waals surface area contributed by atoms with Crippen LogP contribution >= 0.6 is 0 Å². The van der Waals surface area contributed by atoms with Crippen LogP contribution in [0.3, 0.4) is 0 Å². The molecule has 6 heteroatoms. The Bertz CT molecular complexity index is 796. The second-order valence-corrected chi connectivity index (χ2v) is 7.25. The number of halogens is 2. The molecule has 3 rings (SSSR count). The zero-order valence-corrected chi connectivity index (χ0v) is 15.8. The third-order valence-electron chi connectivity index (χ3n) is 5.12. The van der Waals surface area contributed by atoms with Gasteiger partial charge in [0.05, 0.1) is 0 Å². The Kier molecular flexibility index (Phi) is 6.95. The monoisotopic (exact) mass is 389 g/mol. The first-order valence-corrected chi connectivity index (χ1v) is 9.86. The van der Waals surface area contributed by atoms with E-state index in [1.165, 1.54) is 12.1 Å². The number of benzene rings is 1. The Morgan fingerprint density at radius 3 is 2.54 bits per heavy atom. The van der Waals surface area contributed by atoms with E-state index in [1.807, 2.05) is 0 Å². The molecule has 4 nitrogen and oxygen atoms in total. The lowest BCUT2D eigenvalue weighted by Crippen LogP contribution is -2.12. The minimum Gasteiger partial charge on any atom is -0.481 e. The summed E-state index contributed by atoms with van der Waals surface area (Å²) in [4.78, 5) is 14.8. The van der Waals surface area contributed by atoms with Crippen molar-refractivity contribution < 1.29 is 23.4 Å². The number of aliphatic carboxylic acids is 1. The van der Waals surface area contributed by atoms with E-state index in [9.17, 15) is 13.6 Å². The smallest absolute Gasteiger partial charge is 0.303 e. The lowest BCUT2D eigenvalue weighted by Gasteiger charge is -2.16. The molecule has 0 atom stereocenters. The average molecular weight is 389 g/mol. The maximum atomic E-state index is 14.6. The molecular formula is C22H25F2NO3. The summed E-state index contributed by atoms with van der Waals surface area (Å²) < 4.78 is 35.1. The molecule has 1 aliphatic carbocycles. The molecule has 0 amide bonds. The Morgan fingerprint density at radius 1 is 1.14 bits per heavy atom. The Morgan fingerprint density at radius 2 is 1.86 bits per heavy atom. The Balaban J connectivity index is 1.72. The first-order valence-electron chi connectivity index (χ1n) is 9.86. The molecule has 1 saturated carbocycles. The van der Waals surface area contributed by atoms with Crippen LogP contribution in [-0.2, 0) is 11.2 Å². The largest absolute Gasteiger partial charge is 0.481 e. The van der Waals surface area contributed by atoms with Gasteiger partial charge in [0.15, 0.2) is 0 Å². The molecule has 1 aliphatic rings. The zero-order valence-electron chi connectivity index (χ0n) is 15.8. The zero-order chi connectivity index (χ0) is 19.9. The lowest BCUT2D eigenvalue weighted by atomic mass is 10.00. The predicted octanol–water partition coefficient (Wildman–Crippen LogP) is 5.54.